The van der Waals surface area contributed by atoms with Crippen LogP contribution in [0.1, 0.15) is 37.8 Å². The normalized spacial score (nSPS) is 26.6. The predicted octanol–water partition coefficient (Wildman–Crippen LogP) is 0.0547. The molecule has 11 nitrogen and oxygen atoms in total. The van der Waals surface area contributed by atoms with Gasteiger partial charge in [0.05, 0.1) is 24.2 Å². The Bertz CT molecular complexity index is 1080. The molecule has 0 saturated carbocycles. The van der Waals surface area contributed by atoms with E-state index in [1.165, 1.54) is 0 Å². The number of aromatic amines is 1. The van der Waals surface area contributed by atoms with Crippen LogP contribution in [0.2, 0.25) is 0 Å². The topological polar surface area (TPSA) is 148 Å². The van der Waals surface area contributed by atoms with E-state index >= 15 is 0 Å². The number of piperazine rings is 1. The number of nitrogens with zero attached hydrogens (tertiary/aromatic N) is 7. The van der Waals surface area contributed by atoms with Gasteiger partial charge in [0.2, 0.25) is 17.6 Å². The molecule has 4 heterocycles. The van der Waals surface area contributed by atoms with Crippen LogP contribution in [0.3, 0.4) is 0 Å². The molecule has 3 aliphatic rings. The molecule has 33 heavy (non-hydrogen) atoms. The number of carbonyl (C=O) groups is 2. The SMILES string of the molecule is C[C@@H](c1cccc(-c2nn[nH]n2)c1)N1C(=O)[C@@H]2CC1CN2CC(N)C(=O)N1CCCC1C#N. The summed E-state index contributed by atoms with van der Waals surface area (Å²) in [5.74, 6) is 0.386. The molecule has 0 spiro atoms. The Kier molecular flexibility index (Phi) is 5.55. The zero-order chi connectivity index (χ0) is 23.1. The number of benzene rings is 1. The Hall–Kier alpha value is -3.36. The van der Waals surface area contributed by atoms with E-state index < -0.39 is 6.04 Å². The predicted molar refractivity (Wildman–Crippen MR) is 117 cm³/mol. The summed E-state index contributed by atoms with van der Waals surface area (Å²) in [6.07, 6.45) is 2.26. The molecular weight excluding hydrogens is 422 g/mol. The van der Waals surface area contributed by atoms with Crippen LogP contribution >= 0.6 is 0 Å². The number of tetrazole rings is 1. The second-order valence-corrected chi connectivity index (χ2v) is 9.07. The van der Waals surface area contributed by atoms with Gasteiger partial charge >= 0.3 is 0 Å². The maximum Gasteiger partial charge on any atom is 0.241 e. The van der Waals surface area contributed by atoms with Gasteiger partial charge in [0.1, 0.15) is 6.04 Å². The average Bonchev–Trinajstić information content (AvgIpc) is 3.62. The highest BCUT2D eigenvalue weighted by atomic mass is 16.2. The number of likely N-dealkylation sites (tertiary alicyclic amines) is 3. The number of nitrogens with two attached hydrogens (primary N) is 1. The highest BCUT2D eigenvalue weighted by Gasteiger charge is 2.51. The Balaban J connectivity index is 1.24. The van der Waals surface area contributed by atoms with E-state index in [0.717, 1.165) is 24.0 Å². The summed E-state index contributed by atoms with van der Waals surface area (Å²) in [5.41, 5.74) is 8.08. The van der Waals surface area contributed by atoms with Crippen LogP contribution in [0.15, 0.2) is 24.3 Å². The molecule has 172 valence electrons. The molecule has 5 rings (SSSR count). The first-order valence-electron chi connectivity index (χ1n) is 11.3. The second-order valence-electron chi connectivity index (χ2n) is 9.07. The molecule has 2 amide bonds. The fourth-order valence-electron chi connectivity index (χ4n) is 5.49. The summed E-state index contributed by atoms with van der Waals surface area (Å²) in [6.45, 7) is 3.62. The van der Waals surface area contributed by atoms with Gasteiger partial charge in [-0.1, -0.05) is 18.2 Å². The third-order valence-corrected chi connectivity index (χ3v) is 7.14. The Morgan fingerprint density at radius 1 is 1.42 bits per heavy atom. The largest absolute Gasteiger partial charge is 0.330 e. The minimum Gasteiger partial charge on any atom is -0.330 e. The van der Waals surface area contributed by atoms with Gasteiger partial charge in [-0.15, -0.1) is 10.2 Å². The number of aromatic nitrogens is 4. The van der Waals surface area contributed by atoms with Crippen LogP contribution in [0.4, 0.5) is 0 Å². The van der Waals surface area contributed by atoms with Crippen LogP contribution in [-0.2, 0) is 9.59 Å². The first kappa shape index (κ1) is 21.5. The van der Waals surface area contributed by atoms with Crippen molar-refractivity contribution in [1.29, 1.82) is 5.26 Å². The number of amides is 2. The monoisotopic (exact) mass is 449 g/mol. The van der Waals surface area contributed by atoms with Gasteiger partial charge in [0.15, 0.2) is 0 Å². The lowest BCUT2D eigenvalue weighted by Crippen LogP contribution is -2.56. The van der Waals surface area contributed by atoms with Crippen molar-refractivity contribution in [3.05, 3.63) is 29.8 Å². The van der Waals surface area contributed by atoms with Gasteiger partial charge in [0.25, 0.3) is 0 Å². The molecule has 1 aromatic heterocycles. The van der Waals surface area contributed by atoms with Crippen molar-refractivity contribution >= 4 is 11.8 Å². The van der Waals surface area contributed by atoms with Crippen LogP contribution in [0.5, 0.6) is 0 Å². The standard InChI is InChI=1S/C22H27N9O2/c1-13(14-4-2-5-15(8-14)20-25-27-28-26-20)31-17-9-19(22(31)33)29(11-17)12-18(24)21(32)30-7-3-6-16(30)10-23/h2,4-5,8,13,16-19H,3,6-7,9,11-12,24H2,1H3,(H,25,26,27,28)/t13-,16?,17?,18?,19-/m0/s1. The third-order valence-electron chi connectivity index (χ3n) is 7.14. The molecule has 3 N–H and O–H groups in total. The molecule has 0 radical (unpaired) electrons. The lowest BCUT2D eigenvalue weighted by atomic mass is 10.0. The number of fused-ring (bicyclic) bond motifs is 2. The third kappa shape index (κ3) is 3.75. The number of carbonyl (C=O) groups excluding carboxylic acids is 2. The lowest BCUT2D eigenvalue weighted by Gasteiger charge is -2.38. The summed E-state index contributed by atoms with van der Waals surface area (Å²) in [4.78, 5) is 31.6. The Labute approximate surface area is 191 Å². The Morgan fingerprint density at radius 3 is 3.00 bits per heavy atom. The molecule has 3 saturated heterocycles. The first-order chi connectivity index (χ1) is 16.0. The second kappa shape index (κ2) is 8.53. The number of hydrogen-bond donors (Lipinski definition) is 2. The van der Waals surface area contributed by atoms with Crippen molar-refractivity contribution in [2.75, 3.05) is 19.6 Å². The van der Waals surface area contributed by atoms with E-state index in [4.69, 9.17) is 5.73 Å². The summed E-state index contributed by atoms with van der Waals surface area (Å²) in [6, 6.07) is 8.61. The molecule has 11 heteroatoms. The van der Waals surface area contributed by atoms with Crippen molar-refractivity contribution in [1.82, 2.24) is 35.3 Å². The zero-order valence-electron chi connectivity index (χ0n) is 18.5. The van der Waals surface area contributed by atoms with Crippen molar-refractivity contribution in [2.45, 2.75) is 56.4 Å². The van der Waals surface area contributed by atoms with Crippen molar-refractivity contribution < 1.29 is 9.59 Å². The molecule has 2 aromatic rings. The van der Waals surface area contributed by atoms with Gasteiger partial charge in [-0.3, -0.25) is 14.5 Å². The number of hydrogen-bond acceptors (Lipinski definition) is 8. The summed E-state index contributed by atoms with van der Waals surface area (Å²) in [5, 5.41) is 23.4. The summed E-state index contributed by atoms with van der Waals surface area (Å²) >= 11 is 0. The van der Waals surface area contributed by atoms with E-state index in [-0.39, 0.29) is 36.0 Å². The van der Waals surface area contributed by atoms with E-state index in [1.54, 1.807) is 4.90 Å². The van der Waals surface area contributed by atoms with E-state index in [0.29, 0.717) is 31.9 Å². The van der Waals surface area contributed by atoms with Crippen LogP contribution < -0.4 is 5.73 Å². The highest BCUT2D eigenvalue weighted by molar-refractivity contribution is 5.87. The maximum atomic E-state index is 13.3. The lowest BCUT2D eigenvalue weighted by molar-refractivity contribution is -0.140. The number of H-pyrrole nitrogens is 1. The molecule has 5 atom stereocenters. The van der Waals surface area contributed by atoms with Gasteiger partial charge < -0.3 is 15.5 Å². The molecule has 3 unspecified atom stereocenters. The van der Waals surface area contributed by atoms with E-state index in [1.807, 2.05) is 41.0 Å². The fraction of sp³-hybridized carbons (Fsp3) is 0.545. The van der Waals surface area contributed by atoms with Crippen molar-refractivity contribution in [3.8, 4) is 17.5 Å². The molecule has 3 aliphatic heterocycles. The summed E-state index contributed by atoms with van der Waals surface area (Å²) < 4.78 is 0. The highest BCUT2D eigenvalue weighted by Crippen LogP contribution is 2.38. The number of nitriles is 1. The maximum absolute atomic E-state index is 13.3. The minimum atomic E-state index is -0.733. The van der Waals surface area contributed by atoms with Crippen molar-refractivity contribution in [3.63, 3.8) is 0 Å². The number of nitrogens with one attached hydrogen (secondary N) is 1. The van der Waals surface area contributed by atoms with Crippen LogP contribution in [-0.4, -0.2) is 90.9 Å². The van der Waals surface area contributed by atoms with Crippen molar-refractivity contribution in [2.24, 2.45) is 5.73 Å². The van der Waals surface area contributed by atoms with E-state index in [9.17, 15) is 14.9 Å². The van der Waals surface area contributed by atoms with Crippen LogP contribution in [0, 0.1) is 11.3 Å². The smallest absolute Gasteiger partial charge is 0.241 e. The van der Waals surface area contributed by atoms with Gasteiger partial charge in [-0.25, -0.2) is 0 Å². The molecule has 2 bridgehead atoms. The molecule has 0 aliphatic carbocycles. The molecule has 3 fully saturated rings. The molecule has 1 aromatic carbocycles. The van der Waals surface area contributed by atoms with E-state index in [2.05, 4.69) is 26.7 Å². The number of rotatable bonds is 6. The minimum absolute atomic E-state index is 0.0689. The average molecular weight is 450 g/mol. The fourth-order valence-corrected chi connectivity index (χ4v) is 5.49. The van der Waals surface area contributed by atoms with Gasteiger partial charge in [0, 0.05) is 31.2 Å². The summed E-state index contributed by atoms with van der Waals surface area (Å²) in [7, 11) is 0. The van der Waals surface area contributed by atoms with Crippen LogP contribution in [0.25, 0.3) is 11.4 Å². The van der Waals surface area contributed by atoms with Gasteiger partial charge in [-0.2, -0.15) is 10.5 Å². The van der Waals surface area contributed by atoms with Gasteiger partial charge in [-0.05, 0) is 43.0 Å². The molecular formula is C22H27N9O2. The first-order valence-corrected chi connectivity index (χ1v) is 11.3. The Morgan fingerprint density at radius 2 is 2.27 bits per heavy atom. The quantitative estimate of drug-likeness (QED) is 0.629. The zero-order valence-corrected chi connectivity index (χ0v) is 18.5.